The molecule has 0 saturated carbocycles. The van der Waals surface area contributed by atoms with E-state index in [-0.39, 0.29) is 5.75 Å². The molecule has 0 radical (unpaired) electrons. The predicted molar refractivity (Wildman–Crippen MR) is 65.2 cm³/mol. The maximum Gasteiger partial charge on any atom is 0.125 e. The Morgan fingerprint density at radius 3 is 2.41 bits per heavy atom. The zero-order chi connectivity index (χ0) is 12.3. The summed E-state index contributed by atoms with van der Waals surface area (Å²) in [7, 11) is 1.54. The number of hydrogen-bond acceptors (Lipinski definition) is 3. The van der Waals surface area contributed by atoms with Crippen LogP contribution in [0.15, 0.2) is 48.5 Å². The molecule has 3 heteroatoms. The third kappa shape index (κ3) is 2.40. The molecule has 2 aromatic carbocycles. The van der Waals surface area contributed by atoms with Crippen LogP contribution in [0.5, 0.6) is 11.5 Å². The first-order chi connectivity index (χ1) is 8.22. The molecule has 0 aliphatic heterocycles. The fourth-order valence-electron chi connectivity index (χ4n) is 1.75. The SMILES string of the molecule is COc1ccc(O)cc1C(O)c1ccccc1. The number of phenolic OH excluding ortho intramolecular Hbond substituents is 1. The minimum atomic E-state index is -0.807. The molecular weight excluding hydrogens is 216 g/mol. The standard InChI is InChI=1S/C14H14O3/c1-17-13-8-7-11(15)9-12(13)14(16)10-5-3-2-4-6-10/h2-9,14-16H,1H3. The summed E-state index contributed by atoms with van der Waals surface area (Å²) in [6.45, 7) is 0. The van der Waals surface area contributed by atoms with Crippen molar-refractivity contribution in [2.75, 3.05) is 7.11 Å². The van der Waals surface area contributed by atoms with E-state index in [1.807, 2.05) is 30.3 Å². The minimum Gasteiger partial charge on any atom is -0.508 e. The Bertz CT molecular complexity index is 494. The van der Waals surface area contributed by atoms with Crippen LogP contribution in [-0.2, 0) is 0 Å². The van der Waals surface area contributed by atoms with Gasteiger partial charge in [0.1, 0.15) is 17.6 Å². The lowest BCUT2D eigenvalue weighted by atomic mass is 10.0. The fraction of sp³-hybridized carbons (Fsp3) is 0.143. The largest absolute Gasteiger partial charge is 0.508 e. The van der Waals surface area contributed by atoms with Gasteiger partial charge in [0, 0.05) is 5.56 Å². The van der Waals surface area contributed by atoms with Crippen LogP contribution in [-0.4, -0.2) is 17.3 Å². The van der Waals surface area contributed by atoms with Crippen molar-refractivity contribution < 1.29 is 14.9 Å². The lowest BCUT2D eigenvalue weighted by Crippen LogP contribution is -2.02. The van der Waals surface area contributed by atoms with Gasteiger partial charge in [-0.1, -0.05) is 30.3 Å². The van der Waals surface area contributed by atoms with Crippen LogP contribution in [0.4, 0.5) is 0 Å². The Balaban J connectivity index is 2.43. The first kappa shape index (κ1) is 11.5. The molecule has 0 spiro atoms. The molecule has 0 bridgehead atoms. The fourth-order valence-corrected chi connectivity index (χ4v) is 1.75. The zero-order valence-corrected chi connectivity index (χ0v) is 9.50. The van der Waals surface area contributed by atoms with Crippen LogP contribution in [0.1, 0.15) is 17.2 Å². The third-order valence-electron chi connectivity index (χ3n) is 2.62. The van der Waals surface area contributed by atoms with Crippen LogP contribution < -0.4 is 4.74 Å². The number of phenols is 1. The molecule has 0 aliphatic rings. The molecule has 0 fully saturated rings. The highest BCUT2D eigenvalue weighted by Crippen LogP contribution is 2.32. The van der Waals surface area contributed by atoms with Gasteiger partial charge in [-0.15, -0.1) is 0 Å². The molecule has 0 heterocycles. The summed E-state index contributed by atoms with van der Waals surface area (Å²) in [6, 6.07) is 13.9. The number of hydrogen-bond donors (Lipinski definition) is 2. The molecule has 1 atom stereocenters. The van der Waals surface area contributed by atoms with E-state index in [0.29, 0.717) is 11.3 Å². The number of aliphatic hydroxyl groups is 1. The summed E-state index contributed by atoms with van der Waals surface area (Å²) in [5, 5.41) is 19.7. The second-order valence-electron chi connectivity index (χ2n) is 3.74. The van der Waals surface area contributed by atoms with Crippen LogP contribution in [0.25, 0.3) is 0 Å². The quantitative estimate of drug-likeness (QED) is 0.851. The van der Waals surface area contributed by atoms with E-state index in [1.54, 1.807) is 6.07 Å². The number of aliphatic hydroxyl groups excluding tert-OH is 1. The summed E-state index contributed by atoms with van der Waals surface area (Å²) in [5.74, 6) is 0.662. The first-order valence-electron chi connectivity index (χ1n) is 5.32. The Hall–Kier alpha value is -2.00. The monoisotopic (exact) mass is 230 g/mol. The lowest BCUT2D eigenvalue weighted by molar-refractivity contribution is 0.214. The van der Waals surface area contributed by atoms with Gasteiger partial charge in [-0.25, -0.2) is 0 Å². The molecule has 1 unspecified atom stereocenters. The van der Waals surface area contributed by atoms with Gasteiger partial charge in [-0.3, -0.25) is 0 Å². The zero-order valence-electron chi connectivity index (χ0n) is 9.50. The van der Waals surface area contributed by atoms with E-state index < -0.39 is 6.10 Å². The van der Waals surface area contributed by atoms with Gasteiger partial charge in [-0.05, 0) is 23.8 Å². The van der Waals surface area contributed by atoms with E-state index in [9.17, 15) is 10.2 Å². The number of rotatable bonds is 3. The molecule has 17 heavy (non-hydrogen) atoms. The van der Waals surface area contributed by atoms with E-state index >= 15 is 0 Å². The third-order valence-corrected chi connectivity index (χ3v) is 2.62. The van der Waals surface area contributed by atoms with Crippen molar-refractivity contribution in [1.82, 2.24) is 0 Å². The van der Waals surface area contributed by atoms with Gasteiger partial charge in [0.05, 0.1) is 7.11 Å². The van der Waals surface area contributed by atoms with Gasteiger partial charge >= 0.3 is 0 Å². The molecule has 2 N–H and O–H groups in total. The number of methoxy groups -OCH3 is 1. The van der Waals surface area contributed by atoms with Crippen molar-refractivity contribution >= 4 is 0 Å². The molecule has 0 aliphatic carbocycles. The highest BCUT2D eigenvalue weighted by atomic mass is 16.5. The smallest absolute Gasteiger partial charge is 0.125 e. The van der Waals surface area contributed by atoms with Crippen LogP contribution in [0, 0.1) is 0 Å². The number of ether oxygens (including phenoxy) is 1. The molecule has 2 rings (SSSR count). The highest BCUT2D eigenvalue weighted by molar-refractivity contribution is 5.44. The van der Waals surface area contributed by atoms with Crippen LogP contribution in [0.3, 0.4) is 0 Å². The molecule has 88 valence electrons. The van der Waals surface area contributed by atoms with E-state index in [4.69, 9.17) is 4.74 Å². The van der Waals surface area contributed by atoms with Crippen molar-refractivity contribution in [1.29, 1.82) is 0 Å². The van der Waals surface area contributed by atoms with Gasteiger partial charge in [0.2, 0.25) is 0 Å². The second kappa shape index (κ2) is 4.89. The summed E-state index contributed by atoms with van der Waals surface area (Å²) in [5.41, 5.74) is 1.31. The highest BCUT2D eigenvalue weighted by Gasteiger charge is 2.15. The Morgan fingerprint density at radius 2 is 1.76 bits per heavy atom. The van der Waals surface area contributed by atoms with Crippen molar-refractivity contribution in [2.45, 2.75) is 6.10 Å². The van der Waals surface area contributed by atoms with Crippen LogP contribution >= 0.6 is 0 Å². The maximum atomic E-state index is 10.2. The number of aromatic hydroxyl groups is 1. The van der Waals surface area contributed by atoms with Crippen LogP contribution in [0.2, 0.25) is 0 Å². The van der Waals surface area contributed by atoms with Crippen molar-refractivity contribution in [2.24, 2.45) is 0 Å². The van der Waals surface area contributed by atoms with Gasteiger partial charge in [0.15, 0.2) is 0 Å². The predicted octanol–water partition coefficient (Wildman–Crippen LogP) is 2.48. The first-order valence-corrected chi connectivity index (χ1v) is 5.32. The molecule has 3 nitrogen and oxygen atoms in total. The van der Waals surface area contributed by atoms with Gasteiger partial charge in [0.25, 0.3) is 0 Å². The van der Waals surface area contributed by atoms with E-state index in [0.717, 1.165) is 5.56 Å². The van der Waals surface area contributed by atoms with Crippen molar-refractivity contribution in [3.8, 4) is 11.5 Å². The van der Waals surface area contributed by atoms with Gasteiger partial charge < -0.3 is 14.9 Å². The van der Waals surface area contributed by atoms with E-state index in [1.165, 1.54) is 19.2 Å². The summed E-state index contributed by atoms with van der Waals surface area (Å²) in [6.07, 6.45) is -0.807. The Labute approximate surface area is 99.9 Å². The van der Waals surface area contributed by atoms with Gasteiger partial charge in [-0.2, -0.15) is 0 Å². The normalized spacial score (nSPS) is 12.1. The van der Waals surface area contributed by atoms with Crippen molar-refractivity contribution in [3.05, 3.63) is 59.7 Å². The lowest BCUT2D eigenvalue weighted by Gasteiger charge is -2.15. The average molecular weight is 230 g/mol. The second-order valence-corrected chi connectivity index (χ2v) is 3.74. The summed E-state index contributed by atoms with van der Waals surface area (Å²) < 4.78 is 5.17. The molecular formula is C14H14O3. The molecule has 0 amide bonds. The Morgan fingerprint density at radius 1 is 1.06 bits per heavy atom. The molecule has 0 saturated heterocycles. The van der Waals surface area contributed by atoms with Crippen molar-refractivity contribution in [3.63, 3.8) is 0 Å². The average Bonchev–Trinajstić information content (AvgIpc) is 2.39. The topological polar surface area (TPSA) is 49.7 Å². The summed E-state index contributed by atoms with van der Waals surface area (Å²) >= 11 is 0. The number of benzene rings is 2. The molecule has 0 aromatic heterocycles. The minimum absolute atomic E-state index is 0.107. The summed E-state index contributed by atoms with van der Waals surface area (Å²) in [4.78, 5) is 0. The van der Waals surface area contributed by atoms with E-state index in [2.05, 4.69) is 0 Å². The maximum absolute atomic E-state index is 10.2. The molecule has 2 aromatic rings. The Kier molecular flexibility index (Phi) is 3.30.